The molecular formula is C20H18N2O3. The minimum absolute atomic E-state index is 0.0159. The Morgan fingerprint density at radius 3 is 2.92 bits per heavy atom. The molecule has 0 saturated heterocycles. The molecule has 1 saturated carbocycles. The van der Waals surface area contributed by atoms with Gasteiger partial charge in [-0.05, 0) is 61.4 Å². The Kier molecular flexibility index (Phi) is 3.98. The number of amides is 1. The van der Waals surface area contributed by atoms with Crippen molar-refractivity contribution < 1.29 is 13.9 Å². The third-order valence-corrected chi connectivity index (χ3v) is 4.34. The molecule has 126 valence electrons. The maximum atomic E-state index is 12.4. The van der Waals surface area contributed by atoms with Gasteiger partial charge in [0.15, 0.2) is 0 Å². The Hall–Kier alpha value is -3.08. The van der Waals surface area contributed by atoms with Crippen molar-refractivity contribution in [1.29, 1.82) is 0 Å². The standard InChI is InChI=1S/C20H18N2O3/c1-13-10-14(6-7-18(13)25-15-4-2-8-21-12-15)22-20(23)17-11-16(17)19-5-3-9-24-19/h2-10,12,16-17H,11H2,1H3,(H,22,23)/t16-,17+/m0/s1. The van der Waals surface area contributed by atoms with Crippen molar-refractivity contribution in [1.82, 2.24) is 4.98 Å². The number of benzene rings is 1. The molecule has 5 heteroatoms. The predicted octanol–water partition coefficient (Wildman–Crippen LogP) is 4.52. The van der Waals surface area contributed by atoms with Gasteiger partial charge in [-0.3, -0.25) is 9.78 Å². The minimum atomic E-state index is -0.0159. The number of nitrogens with zero attached hydrogens (tertiary/aromatic N) is 1. The largest absolute Gasteiger partial charge is 0.469 e. The van der Waals surface area contributed by atoms with E-state index in [4.69, 9.17) is 9.15 Å². The van der Waals surface area contributed by atoms with E-state index in [1.54, 1.807) is 18.7 Å². The number of aryl methyl sites for hydroxylation is 1. The Morgan fingerprint density at radius 1 is 1.28 bits per heavy atom. The van der Waals surface area contributed by atoms with Crippen LogP contribution in [0.25, 0.3) is 0 Å². The summed E-state index contributed by atoms with van der Waals surface area (Å²) in [5, 5.41) is 2.98. The molecule has 0 spiro atoms. The molecule has 1 aliphatic carbocycles. The zero-order valence-corrected chi connectivity index (χ0v) is 13.8. The maximum Gasteiger partial charge on any atom is 0.228 e. The van der Waals surface area contributed by atoms with E-state index in [0.717, 1.165) is 29.2 Å². The van der Waals surface area contributed by atoms with Crippen LogP contribution in [0.2, 0.25) is 0 Å². The van der Waals surface area contributed by atoms with Crippen molar-refractivity contribution in [2.45, 2.75) is 19.3 Å². The van der Waals surface area contributed by atoms with E-state index in [1.807, 2.05) is 49.4 Å². The first-order valence-electron chi connectivity index (χ1n) is 8.23. The minimum Gasteiger partial charge on any atom is -0.469 e. The average molecular weight is 334 g/mol. The maximum absolute atomic E-state index is 12.4. The second-order valence-corrected chi connectivity index (χ2v) is 6.22. The van der Waals surface area contributed by atoms with Crippen LogP contribution in [-0.4, -0.2) is 10.9 Å². The molecule has 2 heterocycles. The molecule has 5 nitrogen and oxygen atoms in total. The zero-order chi connectivity index (χ0) is 17.2. The average Bonchev–Trinajstić information content (AvgIpc) is 3.24. The number of nitrogens with one attached hydrogen (secondary N) is 1. The first-order chi connectivity index (χ1) is 12.2. The van der Waals surface area contributed by atoms with Crippen molar-refractivity contribution in [2.24, 2.45) is 5.92 Å². The normalized spacial score (nSPS) is 18.6. The number of carbonyl (C=O) groups excluding carboxylic acids is 1. The summed E-state index contributed by atoms with van der Waals surface area (Å²) in [6, 6.07) is 13.1. The second-order valence-electron chi connectivity index (χ2n) is 6.22. The molecule has 1 amide bonds. The number of hydrogen-bond acceptors (Lipinski definition) is 4. The summed E-state index contributed by atoms with van der Waals surface area (Å²) >= 11 is 0. The van der Waals surface area contributed by atoms with Crippen molar-refractivity contribution in [3.63, 3.8) is 0 Å². The van der Waals surface area contributed by atoms with Gasteiger partial charge in [-0.2, -0.15) is 0 Å². The number of rotatable bonds is 5. The number of ether oxygens (including phenoxy) is 1. The summed E-state index contributed by atoms with van der Waals surface area (Å²) in [4.78, 5) is 16.4. The highest BCUT2D eigenvalue weighted by molar-refractivity contribution is 5.95. The van der Waals surface area contributed by atoms with Crippen LogP contribution in [0.4, 0.5) is 5.69 Å². The molecule has 0 unspecified atom stereocenters. The topological polar surface area (TPSA) is 64.4 Å². The van der Waals surface area contributed by atoms with Gasteiger partial charge in [0, 0.05) is 23.7 Å². The lowest BCUT2D eigenvalue weighted by Gasteiger charge is -2.11. The summed E-state index contributed by atoms with van der Waals surface area (Å²) in [6.07, 6.45) is 5.84. The fraction of sp³-hybridized carbons (Fsp3) is 0.200. The van der Waals surface area contributed by atoms with Crippen LogP contribution in [0.1, 0.15) is 23.7 Å². The van der Waals surface area contributed by atoms with Crippen molar-refractivity contribution >= 4 is 11.6 Å². The van der Waals surface area contributed by atoms with E-state index >= 15 is 0 Å². The monoisotopic (exact) mass is 334 g/mol. The van der Waals surface area contributed by atoms with Gasteiger partial charge in [0.1, 0.15) is 17.3 Å². The Labute approximate surface area is 145 Å². The van der Waals surface area contributed by atoms with Crippen LogP contribution in [0.15, 0.2) is 65.5 Å². The summed E-state index contributed by atoms with van der Waals surface area (Å²) in [7, 11) is 0. The van der Waals surface area contributed by atoms with Crippen LogP contribution >= 0.6 is 0 Å². The van der Waals surface area contributed by atoms with Crippen LogP contribution in [0, 0.1) is 12.8 Å². The fourth-order valence-electron chi connectivity index (χ4n) is 2.91. The van der Waals surface area contributed by atoms with Gasteiger partial charge in [-0.1, -0.05) is 0 Å². The van der Waals surface area contributed by atoms with Crippen molar-refractivity contribution in [3.8, 4) is 11.5 Å². The molecule has 1 fully saturated rings. The lowest BCUT2D eigenvalue weighted by Crippen LogP contribution is -2.14. The van der Waals surface area contributed by atoms with Crippen LogP contribution in [0.5, 0.6) is 11.5 Å². The van der Waals surface area contributed by atoms with Gasteiger partial charge in [-0.15, -0.1) is 0 Å². The van der Waals surface area contributed by atoms with E-state index in [1.165, 1.54) is 0 Å². The molecule has 2 aromatic heterocycles. The molecule has 3 aromatic rings. The molecule has 0 radical (unpaired) electrons. The summed E-state index contributed by atoms with van der Waals surface area (Å²) in [5.41, 5.74) is 1.71. The lowest BCUT2D eigenvalue weighted by molar-refractivity contribution is -0.117. The van der Waals surface area contributed by atoms with Gasteiger partial charge in [0.05, 0.1) is 12.5 Å². The molecule has 0 bridgehead atoms. The van der Waals surface area contributed by atoms with Gasteiger partial charge >= 0.3 is 0 Å². The van der Waals surface area contributed by atoms with Gasteiger partial charge in [0.2, 0.25) is 5.91 Å². The van der Waals surface area contributed by atoms with Crippen LogP contribution in [0.3, 0.4) is 0 Å². The molecule has 25 heavy (non-hydrogen) atoms. The Bertz CT molecular complexity index is 875. The number of carbonyl (C=O) groups is 1. The summed E-state index contributed by atoms with van der Waals surface area (Å²) < 4.78 is 11.2. The van der Waals surface area contributed by atoms with E-state index in [9.17, 15) is 4.79 Å². The predicted molar refractivity (Wildman–Crippen MR) is 93.7 cm³/mol. The van der Waals surface area contributed by atoms with Gasteiger partial charge in [0.25, 0.3) is 0 Å². The first-order valence-corrected chi connectivity index (χ1v) is 8.23. The number of aromatic nitrogens is 1. The van der Waals surface area contributed by atoms with E-state index in [0.29, 0.717) is 5.75 Å². The smallest absolute Gasteiger partial charge is 0.228 e. The highest BCUT2D eigenvalue weighted by Gasteiger charge is 2.45. The van der Waals surface area contributed by atoms with Gasteiger partial charge in [-0.25, -0.2) is 0 Å². The number of hydrogen-bond donors (Lipinski definition) is 1. The molecular weight excluding hydrogens is 316 g/mol. The van der Waals surface area contributed by atoms with E-state index in [-0.39, 0.29) is 17.7 Å². The number of pyridine rings is 1. The van der Waals surface area contributed by atoms with E-state index in [2.05, 4.69) is 10.3 Å². The van der Waals surface area contributed by atoms with Crippen molar-refractivity contribution in [2.75, 3.05) is 5.32 Å². The highest BCUT2D eigenvalue weighted by atomic mass is 16.5. The molecule has 1 aromatic carbocycles. The zero-order valence-electron chi connectivity index (χ0n) is 13.8. The van der Waals surface area contributed by atoms with Crippen LogP contribution in [-0.2, 0) is 4.79 Å². The molecule has 1 N–H and O–H groups in total. The Balaban J connectivity index is 1.40. The molecule has 2 atom stereocenters. The SMILES string of the molecule is Cc1cc(NC(=O)[C@@H]2C[C@@H]2c2ccco2)ccc1Oc1cccnc1. The van der Waals surface area contributed by atoms with Crippen LogP contribution < -0.4 is 10.1 Å². The van der Waals surface area contributed by atoms with E-state index < -0.39 is 0 Å². The number of anilines is 1. The fourth-order valence-corrected chi connectivity index (χ4v) is 2.91. The van der Waals surface area contributed by atoms with Crippen molar-refractivity contribution in [3.05, 3.63) is 72.4 Å². The second kappa shape index (κ2) is 6.43. The summed E-state index contributed by atoms with van der Waals surface area (Å²) in [6.45, 7) is 1.95. The molecule has 1 aliphatic rings. The molecule has 4 rings (SSSR count). The lowest BCUT2D eigenvalue weighted by atomic mass is 10.2. The third-order valence-electron chi connectivity index (χ3n) is 4.34. The third kappa shape index (κ3) is 3.40. The Morgan fingerprint density at radius 2 is 2.20 bits per heavy atom. The molecule has 0 aliphatic heterocycles. The number of furan rings is 1. The first kappa shape index (κ1) is 15.4. The summed E-state index contributed by atoms with van der Waals surface area (Å²) in [5.74, 6) is 2.52. The van der Waals surface area contributed by atoms with Gasteiger partial charge < -0.3 is 14.5 Å². The highest BCUT2D eigenvalue weighted by Crippen LogP contribution is 2.48. The quantitative estimate of drug-likeness (QED) is 0.745.